The zero-order valence-electron chi connectivity index (χ0n) is 8.41. The zero-order chi connectivity index (χ0) is 9.43. The van der Waals surface area contributed by atoms with E-state index in [9.17, 15) is 0 Å². The van der Waals surface area contributed by atoms with E-state index in [0.717, 1.165) is 12.5 Å². The Hall–Kier alpha value is -0.820. The van der Waals surface area contributed by atoms with E-state index in [0.29, 0.717) is 5.60 Å². The summed E-state index contributed by atoms with van der Waals surface area (Å²) >= 11 is 0. The normalized spacial score (nSPS) is 35.9. The molecule has 1 heterocycles. The van der Waals surface area contributed by atoms with Gasteiger partial charge in [-0.15, -0.1) is 0 Å². The van der Waals surface area contributed by atoms with Crippen molar-refractivity contribution in [3.8, 4) is 0 Å². The fraction of sp³-hybridized carbons (Fsp3) is 0.538. The monoisotopic (exact) mass is 188 g/mol. The van der Waals surface area contributed by atoms with Crippen molar-refractivity contribution in [3.63, 3.8) is 0 Å². The third-order valence-corrected chi connectivity index (χ3v) is 3.72. The molecule has 1 aromatic rings. The molecule has 1 aliphatic heterocycles. The summed E-state index contributed by atoms with van der Waals surface area (Å²) in [5, 5.41) is 0. The largest absolute Gasteiger partial charge is 0.370 e. The number of benzene rings is 1. The lowest BCUT2D eigenvalue weighted by Gasteiger charge is -2.26. The third-order valence-electron chi connectivity index (χ3n) is 3.72. The van der Waals surface area contributed by atoms with Gasteiger partial charge in [0.1, 0.15) is 0 Å². The van der Waals surface area contributed by atoms with Crippen LogP contribution in [0.4, 0.5) is 0 Å². The second kappa shape index (κ2) is 3.09. The fourth-order valence-corrected chi connectivity index (χ4v) is 2.59. The Balaban J connectivity index is 1.70. The number of ether oxygens (including phenoxy) is 1. The standard InChI is InChI=1S/C13H16O/c1-2-4-11(5-3-1)12-6-8-13(9-7-12)10-14-13/h1-5,12H,6-10H2. The first kappa shape index (κ1) is 8.49. The molecule has 0 atom stereocenters. The molecule has 1 nitrogen and oxygen atoms in total. The molecule has 0 unspecified atom stereocenters. The van der Waals surface area contributed by atoms with Gasteiger partial charge in [0, 0.05) is 0 Å². The van der Waals surface area contributed by atoms with Gasteiger partial charge in [0.05, 0.1) is 12.2 Å². The number of rotatable bonds is 1. The minimum atomic E-state index is 0.339. The Bertz CT molecular complexity index is 303. The quantitative estimate of drug-likeness (QED) is 0.617. The maximum absolute atomic E-state index is 5.52. The molecule has 74 valence electrons. The molecule has 0 aromatic heterocycles. The summed E-state index contributed by atoms with van der Waals surface area (Å²) in [6, 6.07) is 10.9. The van der Waals surface area contributed by atoms with E-state index in [1.807, 2.05) is 0 Å². The first-order valence-corrected chi connectivity index (χ1v) is 5.57. The molecule has 1 saturated heterocycles. The van der Waals surface area contributed by atoms with Crippen LogP contribution in [0, 0.1) is 0 Å². The molecule has 3 rings (SSSR count). The Kier molecular flexibility index (Phi) is 1.88. The summed E-state index contributed by atoms with van der Waals surface area (Å²) < 4.78 is 5.52. The molecule has 0 amide bonds. The molecule has 1 spiro atoms. The number of hydrogen-bond acceptors (Lipinski definition) is 1. The first-order chi connectivity index (χ1) is 6.88. The smallest absolute Gasteiger partial charge is 0.0917 e. The van der Waals surface area contributed by atoms with Crippen LogP contribution in [0.1, 0.15) is 37.2 Å². The summed E-state index contributed by atoms with van der Waals surface area (Å²) in [5.41, 5.74) is 1.86. The van der Waals surface area contributed by atoms with Crippen LogP contribution in [0.5, 0.6) is 0 Å². The predicted octanol–water partition coefficient (Wildman–Crippen LogP) is 3.11. The second-order valence-electron chi connectivity index (χ2n) is 4.66. The molecular weight excluding hydrogens is 172 g/mol. The lowest BCUT2D eigenvalue weighted by Crippen LogP contribution is -2.20. The van der Waals surface area contributed by atoms with Crippen LogP contribution in [0.2, 0.25) is 0 Å². The SMILES string of the molecule is c1ccc(C2CCC3(CC2)CO3)cc1. The minimum Gasteiger partial charge on any atom is -0.370 e. The molecule has 0 N–H and O–H groups in total. The van der Waals surface area contributed by atoms with Crippen molar-refractivity contribution in [2.75, 3.05) is 6.61 Å². The summed E-state index contributed by atoms with van der Waals surface area (Å²) in [4.78, 5) is 0. The maximum atomic E-state index is 5.52. The lowest BCUT2D eigenvalue weighted by molar-refractivity contribution is 0.223. The van der Waals surface area contributed by atoms with Crippen molar-refractivity contribution in [1.29, 1.82) is 0 Å². The van der Waals surface area contributed by atoms with Crippen LogP contribution in [-0.2, 0) is 4.74 Å². The number of hydrogen-bond donors (Lipinski definition) is 0. The van der Waals surface area contributed by atoms with E-state index in [4.69, 9.17) is 4.74 Å². The second-order valence-corrected chi connectivity index (χ2v) is 4.66. The molecule has 0 radical (unpaired) electrons. The van der Waals surface area contributed by atoms with Crippen molar-refractivity contribution in [2.24, 2.45) is 0 Å². The molecule has 1 aliphatic carbocycles. The highest BCUT2D eigenvalue weighted by molar-refractivity contribution is 5.20. The summed E-state index contributed by atoms with van der Waals surface area (Å²) in [7, 11) is 0. The van der Waals surface area contributed by atoms with Crippen LogP contribution in [-0.4, -0.2) is 12.2 Å². The van der Waals surface area contributed by atoms with Crippen molar-refractivity contribution < 1.29 is 4.74 Å². The van der Waals surface area contributed by atoms with E-state index in [2.05, 4.69) is 30.3 Å². The summed E-state index contributed by atoms with van der Waals surface area (Å²) in [6.45, 7) is 1.02. The Morgan fingerprint density at radius 2 is 1.71 bits per heavy atom. The molecule has 1 aromatic carbocycles. The molecule has 1 heteroatoms. The Morgan fingerprint density at radius 1 is 1.07 bits per heavy atom. The lowest BCUT2D eigenvalue weighted by atomic mass is 9.79. The predicted molar refractivity (Wildman–Crippen MR) is 56.3 cm³/mol. The van der Waals surface area contributed by atoms with Gasteiger partial charge < -0.3 is 4.74 Å². The highest BCUT2D eigenvalue weighted by Crippen LogP contribution is 2.46. The van der Waals surface area contributed by atoms with Gasteiger partial charge in [-0.25, -0.2) is 0 Å². The Morgan fingerprint density at radius 3 is 2.29 bits per heavy atom. The van der Waals surface area contributed by atoms with Crippen LogP contribution in [0.25, 0.3) is 0 Å². The van der Waals surface area contributed by atoms with Crippen LogP contribution >= 0.6 is 0 Å². The highest BCUT2D eigenvalue weighted by atomic mass is 16.6. The van der Waals surface area contributed by atoms with Crippen molar-refractivity contribution in [3.05, 3.63) is 35.9 Å². The van der Waals surface area contributed by atoms with Gasteiger partial charge in [0.25, 0.3) is 0 Å². The van der Waals surface area contributed by atoms with Crippen LogP contribution < -0.4 is 0 Å². The minimum absolute atomic E-state index is 0.339. The molecule has 2 aliphatic rings. The van der Waals surface area contributed by atoms with Gasteiger partial charge in [-0.3, -0.25) is 0 Å². The van der Waals surface area contributed by atoms with Gasteiger partial charge in [-0.1, -0.05) is 30.3 Å². The first-order valence-electron chi connectivity index (χ1n) is 5.57. The third kappa shape index (κ3) is 1.46. The van der Waals surface area contributed by atoms with E-state index in [1.54, 1.807) is 0 Å². The van der Waals surface area contributed by atoms with Gasteiger partial charge in [-0.05, 0) is 37.2 Å². The summed E-state index contributed by atoms with van der Waals surface area (Å²) in [6.07, 6.45) is 5.16. The van der Waals surface area contributed by atoms with Gasteiger partial charge in [0.15, 0.2) is 0 Å². The van der Waals surface area contributed by atoms with E-state index >= 15 is 0 Å². The van der Waals surface area contributed by atoms with Gasteiger partial charge in [0.2, 0.25) is 0 Å². The summed E-state index contributed by atoms with van der Waals surface area (Å²) in [5.74, 6) is 0.783. The van der Waals surface area contributed by atoms with Crippen molar-refractivity contribution in [2.45, 2.75) is 37.2 Å². The Labute approximate surface area is 85.1 Å². The molecule has 0 bridgehead atoms. The van der Waals surface area contributed by atoms with Gasteiger partial charge in [-0.2, -0.15) is 0 Å². The van der Waals surface area contributed by atoms with E-state index in [-0.39, 0.29) is 0 Å². The van der Waals surface area contributed by atoms with E-state index in [1.165, 1.54) is 31.2 Å². The molecule has 14 heavy (non-hydrogen) atoms. The maximum Gasteiger partial charge on any atom is 0.0917 e. The van der Waals surface area contributed by atoms with Crippen LogP contribution in [0.3, 0.4) is 0 Å². The molecule has 2 fully saturated rings. The average Bonchev–Trinajstić information content (AvgIpc) is 3.01. The molecule has 1 saturated carbocycles. The average molecular weight is 188 g/mol. The van der Waals surface area contributed by atoms with Crippen molar-refractivity contribution >= 4 is 0 Å². The van der Waals surface area contributed by atoms with Crippen LogP contribution in [0.15, 0.2) is 30.3 Å². The zero-order valence-corrected chi connectivity index (χ0v) is 8.41. The molecular formula is C13H16O. The fourth-order valence-electron chi connectivity index (χ4n) is 2.59. The number of epoxide rings is 1. The van der Waals surface area contributed by atoms with Crippen molar-refractivity contribution in [1.82, 2.24) is 0 Å². The highest BCUT2D eigenvalue weighted by Gasteiger charge is 2.46. The van der Waals surface area contributed by atoms with E-state index < -0.39 is 0 Å². The topological polar surface area (TPSA) is 12.5 Å². The van der Waals surface area contributed by atoms with Gasteiger partial charge >= 0.3 is 0 Å².